The number of hydrogen-bond donors (Lipinski definition) is 4. The lowest BCUT2D eigenvalue weighted by atomic mass is 10.5. The summed E-state index contributed by atoms with van der Waals surface area (Å²) in [6.45, 7) is 0. The van der Waals surface area contributed by atoms with Crippen molar-refractivity contribution in [3.05, 3.63) is 0 Å². The highest BCUT2D eigenvalue weighted by Crippen LogP contribution is 2.22. The highest BCUT2D eigenvalue weighted by molar-refractivity contribution is 8.76. The van der Waals surface area contributed by atoms with Gasteiger partial charge in [-0.05, 0) is 0 Å². The summed E-state index contributed by atoms with van der Waals surface area (Å²) in [5.41, 5.74) is 4.08. The molecule has 0 unspecified atom stereocenters. The lowest BCUT2D eigenvalue weighted by Gasteiger charge is -2.00. The molecule has 0 atom stereocenters. The van der Waals surface area contributed by atoms with Crippen LogP contribution in [-0.2, 0) is 9.59 Å². The maximum Gasteiger partial charge on any atom is 0.234 e. The Balaban J connectivity index is 3.14. The van der Waals surface area contributed by atoms with Gasteiger partial charge < -0.3 is 0 Å². The van der Waals surface area contributed by atoms with E-state index in [4.69, 9.17) is 11.7 Å². The minimum Gasteiger partial charge on any atom is -0.294 e. The first-order valence-electron chi connectivity index (χ1n) is 3.94. The molecule has 0 aromatic heterocycles. The summed E-state index contributed by atoms with van der Waals surface area (Å²) in [6.07, 6.45) is 0.772. The maximum absolute atomic E-state index is 10.7. The van der Waals surface area contributed by atoms with E-state index >= 15 is 0 Å². The number of hydrogen-bond acceptors (Lipinski definition) is 6. The first-order valence-corrected chi connectivity index (χ1v) is 6.42. The number of carbonyl (C=O) groups excluding carboxylic acids is 2. The Morgan fingerprint density at radius 3 is 1.57 bits per heavy atom. The fourth-order valence-corrected chi connectivity index (χ4v) is 2.51. The monoisotopic (exact) mass is 238 g/mol. The standard InChI is InChI=1S/C6H14N4O2S2/c7-9-5(11)1-3-13-14-4-2-6(12)10-8/h1-4,7-8H2,(H,9,11)(H,10,12). The minimum atomic E-state index is -0.183. The van der Waals surface area contributed by atoms with Crippen molar-refractivity contribution in [1.29, 1.82) is 0 Å². The van der Waals surface area contributed by atoms with Crippen LogP contribution in [0.5, 0.6) is 0 Å². The lowest BCUT2D eigenvalue weighted by molar-refractivity contribution is -0.121. The van der Waals surface area contributed by atoms with E-state index in [2.05, 4.69) is 0 Å². The average Bonchev–Trinajstić information content (AvgIpc) is 2.22. The molecule has 0 saturated heterocycles. The van der Waals surface area contributed by atoms with Gasteiger partial charge in [-0.25, -0.2) is 11.7 Å². The van der Waals surface area contributed by atoms with Gasteiger partial charge in [0, 0.05) is 24.3 Å². The summed E-state index contributed by atoms with van der Waals surface area (Å²) >= 11 is 0. The van der Waals surface area contributed by atoms with E-state index in [0.29, 0.717) is 24.3 Å². The molecular formula is C6H14N4O2S2. The summed E-state index contributed by atoms with van der Waals surface area (Å²) in [5, 5.41) is 0. The summed E-state index contributed by atoms with van der Waals surface area (Å²) in [6, 6.07) is 0. The topological polar surface area (TPSA) is 110 Å². The van der Waals surface area contributed by atoms with E-state index in [1.165, 1.54) is 21.6 Å². The molecule has 0 aromatic rings. The summed E-state index contributed by atoms with van der Waals surface area (Å²) in [4.78, 5) is 21.3. The predicted molar refractivity (Wildman–Crippen MR) is 58.8 cm³/mol. The fraction of sp³-hybridized carbons (Fsp3) is 0.667. The number of nitrogens with one attached hydrogen (secondary N) is 2. The first kappa shape index (κ1) is 13.6. The van der Waals surface area contributed by atoms with Gasteiger partial charge in [-0.3, -0.25) is 20.4 Å². The molecule has 0 aromatic carbocycles. The van der Waals surface area contributed by atoms with E-state index in [1.807, 2.05) is 10.9 Å². The van der Waals surface area contributed by atoms with Gasteiger partial charge in [-0.1, -0.05) is 21.6 Å². The molecule has 0 saturated carbocycles. The van der Waals surface area contributed by atoms with Crippen LogP contribution in [0.4, 0.5) is 0 Å². The van der Waals surface area contributed by atoms with Crippen molar-refractivity contribution in [2.24, 2.45) is 11.7 Å². The van der Waals surface area contributed by atoms with E-state index in [1.54, 1.807) is 0 Å². The Hall–Kier alpha value is -0.440. The highest BCUT2D eigenvalue weighted by atomic mass is 33.1. The van der Waals surface area contributed by atoms with Crippen molar-refractivity contribution in [1.82, 2.24) is 10.9 Å². The molecule has 82 valence electrons. The van der Waals surface area contributed by atoms with E-state index in [9.17, 15) is 9.59 Å². The molecular weight excluding hydrogens is 224 g/mol. The summed E-state index contributed by atoms with van der Waals surface area (Å²) in [5.74, 6) is 10.8. The van der Waals surface area contributed by atoms with Gasteiger partial charge >= 0.3 is 0 Å². The molecule has 8 heteroatoms. The van der Waals surface area contributed by atoms with Crippen LogP contribution in [0.3, 0.4) is 0 Å². The number of nitrogens with two attached hydrogens (primary N) is 2. The molecule has 0 aliphatic rings. The van der Waals surface area contributed by atoms with Gasteiger partial charge in [0.2, 0.25) is 11.8 Å². The zero-order valence-electron chi connectivity index (χ0n) is 7.62. The molecule has 0 aliphatic heterocycles. The lowest BCUT2D eigenvalue weighted by Crippen LogP contribution is -2.30. The van der Waals surface area contributed by atoms with Gasteiger partial charge in [0.1, 0.15) is 0 Å². The third-order valence-electron chi connectivity index (χ3n) is 1.23. The van der Waals surface area contributed by atoms with Crippen LogP contribution in [-0.4, -0.2) is 23.3 Å². The van der Waals surface area contributed by atoms with Gasteiger partial charge in [0.25, 0.3) is 0 Å². The van der Waals surface area contributed by atoms with Crippen molar-refractivity contribution < 1.29 is 9.59 Å². The quantitative estimate of drug-likeness (QED) is 0.151. The van der Waals surface area contributed by atoms with Crippen molar-refractivity contribution in [3.63, 3.8) is 0 Å². The SMILES string of the molecule is NNC(=O)CCSSCCC(=O)NN. The van der Waals surface area contributed by atoms with Gasteiger partial charge in [-0.15, -0.1) is 0 Å². The second-order valence-electron chi connectivity index (χ2n) is 2.28. The Kier molecular flexibility index (Phi) is 8.84. The smallest absolute Gasteiger partial charge is 0.234 e. The molecule has 2 amide bonds. The number of amides is 2. The van der Waals surface area contributed by atoms with Gasteiger partial charge in [0.05, 0.1) is 0 Å². The normalized spacial score (nSPS) is 9.57. The first-order chi connectivity index (χ1) is 6.70. The van der Waals surface area contributed by atoms with Crippen molar-refractivity contribution >= 4 is 33.4 Å². The van der Waals surface area contributed by atoms with Crippen LogP contribution in [0.2, 0.25) is 0 Å². The second-order valence-corrected chi connectivity index (χ2v) is 4.98. The van der Waals surface area contributed by atoms with Gasteiger partial charge in [-0.2, -0.15) is 0 Å². The third-order valence-corrected chi connectivity index (χ3v) is 3.64. The zero-order chi connectivity index (χ0) is 10.8. The Bertz CT molecular complexity index is 171. The highest BCUT2D eigenvalue weighted by Gasteiger charge is 2.00. The van der Waals surface area contributed by atoms with Crippen LogP contribution in [0.1, 0.15) is 12.8 Å². The molecule has 0 fully saturated rings. The molecule has 0 aliphatic carbocycles. The average molecular weight is 238 g/mol. The molecule has 0 rings (SSSR count). The van der Waals surface area contributed by atoms with Gasteiger partial charge in [0.15, 0.2) is 0 Å². The molecule has 6 nitrogen and oxygen atoms in total. The largest absolute Gasteiger partial charge is 0.294 e. The van der Waals surface area contributed by atoms with E-state index in [-0.39, 0.29) is 11.8 Å². The minimum absolute atomic E-state index is 0.183. The van der Waals surface area contributed by atoms with Crippen LogP contribution in [0.15, 0.2) is 0 Å². The van der Waals surface area contributed by atoms with E-state index in [0.717, 1.165) is 0 Å². The molecule has 0 spiro atoms. The predicted octanol–water partition coefficient (Wildman–Crippen LogP) is -0.872. The number of rotatable bonds is 7. The second kappa shape index (κ2) is 9.13. The number of carbonyl (C=O) groups is 2. The zero-order valence-corrected chi connectivity index (χ0v) is 9.25. The molecule has 0 bridgehead atoms. The van der Waals surface area contributed by atoms with Crippen LogP contribution >= 0.6 is 21.6 Å². The van der Waals surface area contributed by atoms with Crippen LogP contribution < -0.4 is 22.5 Å². The van der Waals surface area contributed by atoms with Crippen molar-refractivity contribution in [3.8, 4) is 0 Å². The third kappa shape index (κ3) is 8.17. The van der Waals surface area contributed by atoms with Crippen LogP contribution in [0.25, 0.3) is 0 Å². The molecule has 6 N–H and O–H groups in total. The maximum atomic E-state index is 10.7. The van der Waals surface area contributed by atoms with E-state index < -0.39 is 0 Å². The van der Waals surface area contributed by atoms with Crippen LogP contribution in [0, 0.1) is 0 Å². The molecule has 0 radical (unpaired) electrons. The summed E-state index contributed by atoms with van der Waals surface area (Å²) < 4.78 is 0. The molecule has 14 heavy (non-hydrogen) atoms. The Morgan fingerprint density at radius 2 is 1.29 bits per heavy atom. The fourth-order valence-electron chi connectivity index (χ4n) is 0.531. The van der Waals surface area contributed by atoms with Crippen molar-refractivity contribution in [2.75, 3.05) is 11.5 Å². The Labute approximate surface area is 90.3 Å². The summed E-state index contributed by atoms with van der Waals surface area (Å²) in [7, 11) is 3.06. The number of hydrazine groups is 2. The van der Waals surface area contributed by atoms with Crippen molar-refractivity contribution in [2.45, 2.75) is 12.8 Å². The Morgan fingerprint density at radius 1 is 0.929 bits per heavy atom. The molecule has 0 heterocycles.